The number of alkyl halides is 1. The Morgan fingerprint density at radius 3 is 3.00 bits per heavy atom. The Bertz CT molecular complexity index is 169. The van der Waals surface area contributed by atoms with E-state index in [9.17, 15) is 4.39 Å². The summed E-state index contributed by atoms with van der Waals surface area (Å²) in [5, 5.41) is 9.87. The fraction of sp³-hybridized carbons (Fsp3) is 1.00. The molecule has 2 rings (SSSR count). The molecule has 2 aliphatic heterocycles. The summed E-state index contributed by atoms with van der Waals surface area (Å²) in [6.45, 7) is 0.964. The Morgan fingerprint density at radius 2 is 2.50 bits per heavy atom. The van der Waals surface area contributed by atoms with E-state index in [0.717, 1.165) is 11.8 Å². The summed E-state index contributed by atoms with van der Waals surface area (Å²) in [6, 6.07) is 0.612. The number of rotatable bonds is 3. The zero-order chi connectivity index (χ0) is 8.55. The zero-order valence-corrected chi connectivity index (χ0v) is 7.76. The van der Waals surface area contributed by atoms with Gasteiger partial charge in [-0.2, -0.15) is 11.8 Å². The Labute approximate surface area is 76.1 Å². The van der Waals surface area contributed by atoms with Gasteiger partial charge >= 0.3 is 0 Å². The van der Waals surface area contributed by atoms with Crippen molar-refractivity contribution in [3.8, 4) is 0 Å². The van der Waals surface area contributed by atoms with Gasteiger partial charge < -0.3 is 5.11 Å². The van der Waals surface area contributed by atoms with Gasteiger partial charge in [0.05, 0.1) is 6.10 Å². The molecule has 1 N–H and O–H groups in total. The van der Waals surface area contributed by atoms with Gasteiger partial charge in [0, 0.05) is 30.1 Å². The van der Waals surface area contributed by atoms with Crippen LogP contribution in [-0.4, -0.2) is 52.9 Å². The molecule has 2 bridgehead atoms. The van der Waals surface area contributed by atoms with Gasteiger partial charge in [0.15, 0.2) is 0 Å². The highest BCUT2D eigenvalue weighted by atomic mass is 32.2. The number of nitrogens with zero attached hydrogens (tertiary/aromatic N) is 1. The molecule has 2 saturated heterocycles. The molecule has 3 unspecified atom stereocenters. The first-order chi connectivity index (χ1) is 5.79. The molecule has 0 aromatic carbocycles. The normalized spacial score (nSPS) is 37.5. The summed E-state index contributed by atoms with van der Waals surface area (Å²) >= 11 is 2.01. The van der Waals surface area contributed by atoms with Crippen LogP contribution in [0.2, 0.25) is 0 Å². The highest BCUT2D eigenvalue weighted by Crippen LogP contribution is 2.37. The molecule has 0 aromatic heterocycles. The quantitative estimate of drug-likeness (QED) is 0.703. The topological polar surface area (TPSA) is 23.5 Å². The van der Waals surface area contributed by atoms with Crippen molar-refractivity contribution < 1.29 is 9.50 Å². The van der Waals surface area contributed by atoms with Crippen LogP contribution in [0.1, 0.15) is 6.42 Å². The van der Waals surface area contributed by atoms with Gasteiger partial charge in [-0.1, -0.05) is 0 Å². The first-order valence-corrected chi connectivity index (χ1v) is 5.44. The van der Waals surface area contributed by atoms with Crippen LogP contribution in [-0.2, 0) is 0 Å². The lowest BCUT2D eigenvalue weighted by Crippen LogP contribution is -2.40. The van der Waals surface area contributed by atoms with E-state index in [2.05, 4.69) is 4.90 Å². The number of aliphatic hydroxyl groups is 1. The lowest BCUT2D eigenvalue weighted by atomic mass is 10.2. The van der Waals surface area contributed by atoms with Crippen molar-refractivity contribution in [2.24, 2.45) is 0 Å². The molecule has 70 valence electrons. The number of halogens is 1. The minimum Gasteiger partial charge on any atom is -0.389 e. The third kappa shape index (κ3) is 1.60. The third-order valence-electron chi connectivity index (χ3n) is 2.64. The van der Waals surface area contributed by atoms with Gasteiger partial charge in [-0.05, 0) is 6.42 Å². The summed E-state index contributed by atoms with van der Waals surface area (Å²) in [4.78, 5) is 2.23. The van der Waals surface area contributed by atoms with Crippen LogP contribution >= 0.6 is 11.8 Å². The number of likely N-dealkylation sites (tertiary alicyclic amines) is 1. The van der Waals surface area contributed by atoms with Crippen LogP contribution in [0.15, 0.2) is 0 Å². The lowest BCUT2D eigenvalue weighted by Gasteiger charge is -2.27. The number of thioether (sulfide) groups is 1. The Hall–Kier alpha value is 0.200. The molecule has 2 fully saturated rings. The fourth-order valence-corrected chi connectivity index (χ4v) is 3.52. The van der Waals surface area contributed by atoms with Crippen molar-refractivity contribution in [3.63, 3.8) is 0 Å². The number of hydrogen-bond donors (Lipinski definition) is 1. The maximum absolute atomic E-state index is 12.0. The van der Waals surface area contributed by atoms with E-state index in [1.807, 2.05) is 11.8 Å². The number of fused-ring (bicyclic) bond motifs is 2. The summed E-state index contributed by atoms with van der Waals surface area (Å²) in [5.74, 6) is 1.17. The van der Waals surface area contributed by atoms with E-state index in [-0.39, 0.29) is 0 Å². The smallest absolute Gasteiger partial charge is 0.117 e. The minimum absolute atomic E-state index is 0.526. The van der Waals surface area contributed by atoms with Gasteiger partial charge in [-0.3, -0.25) is 4.90 Å². The maximum atomic E-state index is 12.0. The molecule has 2 aliphatic rings. The first kappa shape index (κ1) is 8.78. The molecule has 0 spiro atoms. The van der Waals surface area contributed by atoms with Crippen molar-refractivity contribution in [1.29, 1.82) is 0 Å². The van der Waals surface area contributed by atoms with Gasteiger partial charge in [0.2, 0.25) is 0 Å². The largest absolute Gasteiger partial charge is 0.389 e. The minimum atomic E-state index is -0.769. The van der Waals surface area contributed by atoms with Crippen molar-refractivity contribution in [1.82, 2.24) is 4.90 Å². The molecule has 2 nitrogen and oxygen atoms in total. The number of aliphatic hydroxyl groups excluding tert-OH is 1. The Kier molecular flexibility index (Phi) is 2.57. The van der Waals surface area contributed by atoms with Crippen molar-refractivity contribution in [2.45, 2.75) is 23.8 Å². The van der Waals surface area contributed by atoms with Gasteiger partial charge in [0.1, 0.15) is 6.67 Å². The number of hydrogen-bond acceptors (Lipinski definition) is 3. The summed E-state index contributed by atoms with van der Waals surface area (Å²) < 4.78 is 12.0. The van der Waals surface area contributed by atoms with E-state index in [0.29, 0.717) is 12.6 Å². The fourth-order valence-electron chi connectivity index (χ4n) is 2.02. The standard InChI is InChI=1S/C8H14FNOS/c9-2-7(11)3-10-4-8-1-6(10)5-12-8/h6-8,11H,1-5H2. The first-order valence-electron chi connectivity index (χ1n) is 4.39. The molecule has 0 aromatic rings. The van der Waals surface area contributed by atoms with Crippen LogP contribution in [0.4, 0.5) is 4.39 Å². The molecular formula is C8H14FNOS. The summed E-state index contributed by atoms with van der Waals surface area (Å²) in [7, 11) is 0. The third-order valence-corrected chi connectivity index (χ3v) is 4.03. The average molecular weight is 191 g/mol. The molecule has 4 heteroatoms. The van der Waals surface area contributed by atoms with Crippen LogP contribution in [0.5, 0.6) is 0 Å². The molecular weight excluding hydrogens is 177 g/mol. The van der Waals surface area contributed by atoms with Crippen LogP contribution in [0.3, 0.4) is 0 Å². The van der Waals surface area contributed by atoms with E-state index in [1.165, 1.54) is 12.2 Å². The monoisotopic (exact) mass is 191 g/mol. The zero-order valence-electron chi connectivity index (χ0n) is 6.95. The van der Waals surface area contributed by atoms with Gasteiger partial charge in [0.25, 0.3) is 0 Å². The second kappa shape index (κ2) is 3.52. The molecule has 0 amide bonds. The number of β-amino-alcohol motifs (C(OH)–C–C–N with tert-alkyl or cyclic N) is 1. The van der Waals surface area contributed by atoms with Crippen molar-refractivity contribution in [3.05, 3.63) is 0 Å². The molecule has 12 heavy (non-hydrogen) atoms. The molecule has 2 heterocycles. The van der Waals surface area contributed by atoms with Crippen LogP contribution < -0.4 is 0 Å². The highest BCUT2D eigenvalue weighted by molar-refractivity contribution is 8.00. The molecule has 3 atom stereocenters. The van der Waals surface area contributed by atoms with Gasteiger partial charge in [-0.15, -0.1) is 0 Å². The summed E-state index contributed by atoms with van der Waals surface area (Å²) in [5.41, 5.74) is 0. The van der Waals surface area contributed by atoms with E-state index < -0.39 is 12.8 Å². The van der Waals surface area contributed by atoms with Crippen molar-refractivity contribution >= 4 is 11.8 Å². The lowest BCUT2D eigenvalue weighted by molar-refractivity contribution is 0.0873. The highest BCUT2D eigenvalue weighted by Gasteiger charge is 2.38. The Morgan fingerprint density at radius 1 is 1.67 bits per heavy atom. The molecule has 0 radical (unpaired) electrons. The van der Waals surface area contributed by atoms with Crippen molar-refractivity contribution in [2.75, 3.05) is 25.5 Å². The van der Waals surface area contributed by atoms with E-state index in [4.69, 9.17) is 5.11 Å². The predicted molar refractivity (Wildman–Crippen MR) is 48.2 cm³/mol. The van der Waals surface area contributed by atoms with E-state index in [1.54, 1.807) is 0 Å². The van der Waals surface area contributed by atoms with Crippen LogP contribution in [0.25, 0.3) is 0 Å². The molecule has 0 aliphatic carbocycles. The average Bonchev–Trinajstić information content (AvgIpc) is 2.64. The maximum Gasteiger partial charge on any atom is 0.117 e. The van der Waals surface area contributed by atoms with Gasteiger partial charge in [-0.25, -0.2) is 4.39 Å². The SMILES string of the molecule is OC(CF)CN1CC2CC1CS2. The van der Waals surface area contributed by atoms with E-state index >= 15 is 0 Å². The van der Waals surface area contributed by atoms with Crippen LogP contribution in [0, 0.1) is 0 Å². The predicted octanol–water partition coefficient (Wildman–Crippen LogP) is 0.506. The second-order valence-corrected chi connectivity index (χ2v) is 4.94. The second-order valence-electron chi connectivity index (χ2n) is 3.61. The summed E-state index contributed by atoms with van der Waals surface area (Å²) in [6.07, 6.45) is 0.471. The molecule has 0 saturated carbocycles. The Balaban J connectivity index is 1.82.